The van der Waals surface area contributed by atoms with Gasteiger partial charge >= 0.3 is 17.9 Å². The molecular weight excluding hydrogens is 861 g/mol. The zero-order valence-corrected chi connectivity index (χ0v) is 40.6. The van der Waals surface area contributed by atoms with E-state index in [4.69, 9.17) is 33.2 Å². The number of aliphatic hydroxyl groups is 1. The molecule has 0 aliphatic heterocycles. The predicted octanol–water partition coefficient (Wildman–Crippen LogP) is 11.3. The van der Waals surface area contributed by atoms with Crippen LogP contribution in [0.25, 0.3) is 0 Å². The molecule has 364 valence electrons. The molecule has 0 unspecified atom stereocenters. The van der Waals surface area contributed by atoms with E-state index < -0.39 is 17.9 Å². The average molecular weight is 931 g/mol. The van der Waals surface area contributed by atoms with Crippen molar-refractivity contribution in [2.24, 2.45) is 0 Å². The summed E-state index contributed by atoms with van der Waals surface area (Å²) in [6.45, 7) is 20.9. The van der Waals surface area contributed by atoms with Gasteiger partial charge < -0.3 is 38.3 Å². The van der Waals surface area contributed by atoms with E-state index >= 15 is 0 Å². The maximum Gasteiger partial charge on any atom is 0.330 e. The molecule has 0 saturated heterocycles. The predicted molar refractivity (Wildman–Crippen MR) is 265 cm³/mol. The van der Waals surface area contributed by atoms with Gasteiger partial charge in [0.05, 0.1) is 33.0 Å². The fraction of sp³-hybridized carbons (Fsp3) is 0.421. The molecule has 4 aromatic rings. The van der Waals surface area contributed by atoms with Gasteiger partial charge in [0.15, 0.2) is 0 Å². The monoisotopic (exact) mass is 930 g/mol. The maximum absolute atomic E-state index is 12.5. The Morgan fingerprint density at radius 2 is 0.647 bits per heavy atom. The Hall–Kier alpha value is -6.33. The highest BCUT2D eigenvalue weighted by Crippen LogP contribution is 2.41. The van der Waals surface area contributed by atoms with Crippen LogP contribution in [-0.2, 0) is 80.7 Å². The van der Waals surface area contributed by atoms with Crippen molar-refractivity contribution in [3.8, 4) is 23.0 Å². The summed E-state index contributed by atoms with van der Waals surface area (Å²) in [4.78, 5) is 37.5. The molecule has 5 rings (SSSR count). The van der Waals surface area contributed by atoms with Crippen molar-refractivity contribution in [1.82, 2.24) is 0 Å². The first-order valence-corrected chi connectivity index (χ1v) is 24.2. The first-order valence-electron chi connectivity index (χ1n) is 24.2. The van der Waals surface area contributed by atoms with Gasteiger partial charge in [-0.25, -0.2) is 14.4 Å². The number of benzene rings is 4. The topological polar surface area (TPSA) is 136 Å². The highest BCUT2D eigenvalue weighted by atomic mass is 16.5. The van der Waals surface area contributed by atoms with Gasteiger partial charge in [0.1, 0.15) is 42.8 Å². The van der Waals surface area contributed by atoms with Crippen molar-refractivity contribution in [2.75, 3.05) is 26.4 Å². The number of unbranched alkanes of at least 4 members (excludes halogenated alkanes) is 4. The summed E-state index contributed by atoms with van der Waals surface area (Å²) in [6, 6.07) is 16.1. The summed E-state index contributed by atoms with van der Waals surface area (Å²) in [6.07, 6.45) is 11.8. The molecule has 0 amide bonds. The molecule has 0 aromatic heterocycles. The van der Waals surface area contributed by atoms with Gasteiger partial charge in [0.25, 0.3) is 0 Å². The molecule has 1 N–H and O–H groups in total. The lowest BCUT2D eigenvalue weighted by Crippen LogP contribution is -2.13. The van der Waals surface area contributed by atoms with E-state index in [2.05, 4.69) is 47.4 Å². The molecule has 1 aliphatic carbocycles. The second-order valence-electron chi connectivity index (χ2n) is 17.1. The first-order chi connectivity index (χ1) is 33.1. The summed E-state index contributed by atoms with van der Waals surface area (Å²) in [5.41, 5.74) is 9.68. The quantitative estimate of drug-likeness (QED) is 0.0246. The summed E-state index contributed by atoms with van der Waals surface area (Å²) in [5.74, 6) is 1.14. The van der Waals surface area contributed by atoms with E-state index in [0.29, 0.717) is 80.7 Å². The number of fused-ring (bicyclic) bond motifs is 8. The van der Waals surface area contributed by atoms with Gasteiger partial charge in [-0.2, -0.15) is 0 Å². The zero-order valence-electron chi connectivity index (χ0n) is 40.6. The van der Waals surface area contributed by atoms with E-state index in [9.17, 15) is 19.5 Å². The van der Waals surface area contributed by atoms with Gasteiger partial charge in [0.2, 0.25) is 0 Å². The molecule has 0 spiro atoms. The number of hydrogen-bond acceptors (Lipinski definition) is 11. The van der Waals surface area contributed by atoms with Crippen LogP contribution in [0.1, 0.15) is 146 Å². The Labute approximate surface area is 403 Å². The van der Waals surface area contributed by atoms with E-state index in [1.165, 1.54) is 0 Å². The van der Waals surface area contributed by atoms with Crippen molar-refractivity contribution in [3.63, 3.8) is 0 Å². The fourth-order valence-corrected chi connectivity index (χ4v) is 8.17. The molecule has 0 heterocycles. The number of ether oxygens (including phenoxy) is 7. The lowest BCUT2D eigenvalue weighted by molar-refractivity contribution is -0.139. The highest BCUT2D eigenvalue weighted by molar-refractivity contribution is 5.82. The van der Waals surface area contributed by atoms with Crippen LogP contribution in [0, 0.1) is 0 Å². The smallest absolute Gasteiger partial charge is 0.330 e. The number of rotatable bonds is 26. The van der Waals surface area contributed by atoms with E-state index in [-0.39, 0.29) is 26.4 Å². The minimum atomic E-state index is -0.549. The van der Waals surface area contributed by atoms with Gasteiger partial charge in [0, 0.05) is 43.9 Å². The summed E-state index contributed by atoms with van der Waals surface area (Å²) >= 11 is 0. The van der Waals surface area contributed by atoms with Crippen molar-refractivity contribution < 1.29 is 52.6 Å². The standard InChI is InChI=1S/C57H70O11/c1-8-15-19-62-54-43-23-39(35-58)24-44(54)32-46-26-41(37-67-52(60)13-6)28-48(56(46)64-21-17-10-3)34-50-30-42(38-68-53(61)14-7)29-49(57(50)65-22-18-11-4)33-47-27-40(36-66-51(59)12-5)25-45(31-43)55(47)63-20-16-9-2/h12-14,23-30,58H,5-11,15-22,31-38H2,1-4H3. The third-order valence-corrected chi connectivity index (χ3v) is 11.5. The largest absolute Gasteiger partial charge is 0.493 e. The van der Waals surface area contributed by atoms with Gasteiger partial charge in [-0.05, 0) is 141 Å². The Bertz CT molecular complexity index is 2240. The molecule has 0 fully saturated rings. The molecule has 0 atom stereocenters. The van der Waals surface area contributed by atoms with Crippen LogP contribution in [0.15, 0.2) is 86.5 Å². The van der Waals surface area contributed by atoms with Gasteiger partial charge in [-0.15, -0.1) is 0 Å². The second-order valence-corrected chi connectivity index (χ2v) is 17.1. The van der Waals surface area contributed by atoms with E-state index in [1.807, 2.05) is 48.5 Å². The minimum Gasteiger partial charge on any atom is -0.493 e. The molecule has 0 saturated carbocycles. The zero-order chi connectivity index (χ0) is 48.8. The van der Waals surface area contributed by atoms with Crippen LogP contribution in [0.4, 0.5) is 0 Å². The Morgan fingerprint density at radius 1 is 0.426 bits per heavy atom. The van der Waals surface area contributed by atoms with Crippen LogP contribution in [-0.4, -0.2) is 49.4 Å². The third kappa shape index (κ3) is 15.1. The lowest BCUT2D eigenvalue weighted by atomic mass is 9.88. The number of aliphatic hydroxyl groups excluding tert-OH is 1. The molecule has 4 aromatic carbocycles. The first kappa shape index (κ1) is 52.6. The van der Waals surface area contributed by atoms with Crippen LogP contribution in [0.3, 0.4) is 0 Å². The van der Waals surface area contributed by atoms with Crippen LogP contribution >= 0.6 is 0 Å². The SMILES string of the molecule is C=CC(=O)OCc1cc2c(OCCCC)c(c1)Cc1cc(COC(=O)C=C)cc(c1OCCCC)Cc1cc(COC(=O)C=C)cc(c1OCCCC)Cc1cc(CO)cc(c1OCCCC)C2. The number of carbonyl (C=O) groups excluding carboxylic acids is 3. The number of hydrogen-bond donors (Lipinski definition) is 1. The highest BCUT2D eigenvalue weighted by Gasteiger charge is 2.25. The molecule has 1 aliphatic rings. The second kappa shape index (κ2) is 27.5. The minimum absolute atomic E-state index is 0.00950. The van der Waals surface area contributed by atoms with Crippen molar-refractivity contribution in [3.05, 3.63) is 153 Å². The number of carbonyl (C=O) groups is 3. The third-order valence-electron chi connectivity index (χ3n) is 11.5. The summed E-state index contributed by atoms with van der Waals surface area (Å²) < 4.78 is 44.3. The van der Waals surface area contributed by atoms with Crippen LogP contribution in [0.5, 0.6) is 23.0 Å². The summed E-state index contributed by atoms with van der Waals surface area (Å²) in [7, 11) is 0. The Balaban J connectivity index is 1.93. The number of esters is 3. The molecule has 8 bridgehead atoms. The molecular formula is C57H70O11. The van der Waals surface area contributed by atoms with Crippen molar-refractivity contribution >= 4 is 17.9 Å². The van der Waals surface area contributed by atoms with Crippen molar-refractivity contribution in [1.29, 1.82) is 0 Å². The normalized spacial score (nSPS) is 11.8. The maximum atomic E-state index is 12.5. The Morgan fingerprint density at radius 3 is 0.838 bits per heavy atom. The molecule has 0 radical (unpaired) electrons. The Kier molecular flexibility index (Phi) is 21.3. The van der Waals surface area contributed by atoms with E-state index in [0.717, 1.165) is 131 Å². The fourth-order valence-electron chi connectivity index (χ4n) is 8.17. The van der Waals surface area contributed by atoms with Crippen LogP contribution in [0.2, 0.25) is 0 Å². The van der Waals surface area contributed by atoms with Gasteiger partial charge in [-0.1, -0.05) is 73.1 Å². The molecule has 11 heteroatoms. The molecule has 68 heavy (non-hydrogen) atoms. The average Bonchev–Trinajstić information content (AvgIpc) is 3.34. The lowest BCUT2D eigenvalue weighted by Gasteiger charge is -2.25. The van der Waals surface area contributed by atoms with Crippen LogP contribution < -0.4 is 18.9 Å². The molecule has 11 nitrogen and oxygen atoms in total. The van der Waals surface area contributed by atoms with Crippen molar-refractivity contribution in [2.45, 2.75) is 131 Å². The summed E-state index contributed by atoms with van der Waals surface area (Å²) in [5, 5.41) is 10.8. The van der Waals surface area contributed by atoms with Gasteiger partial charge in [-0.3, -0.25) is 0 Å². The van der Waals surface area contributed by atoms with E-state index in [1.54, 1.807) is 0 Å².